The summed E-state index contributed by atoms with van der Waals surface area (Å²) in [7, 11) is 2.03. The van der Waals surface area contributed by atoms with Crippen LogP contribution in [0, 0.1) is 0 Å². The summed E-state index contributed by atoms with van der Waals surface area (Å²) >= 11 is 0. The van der Waals surface area contributed by atoms with Gasteiger partial charge in [0, 0.05) is 19.1 Å². The molecule has 2 atom stereocenters. The summed E-state index contributed by atoms with van der Waals surface area (Å²) in [6.07, 6.45) is 0.959. The Morgan fingerprint density at radius 3 is 2.69 bits per heavy atom. The quantitative estimate of drug-likeness (QED) is 0.550. The molecule has 0 spiro atoms. The standard InChI is InChI=1S/C9H13FN2O/c1-6(10)9(13)12-4-3-7-8(12)5-11(7)2/h7-8H,1,3-5H2,2H3/t7-,8-/m1/s1. The molecule has 0 saturated carbocycles. The average molecular weight is 184 g/mol. The third-order valence-electron chi connectivity index (χ3n) is 3.04. The molecule has 0 radical (unpaired) electrons. The van der Waals surface area contributed by atoms with Gasteiger partial charge in [-0.05, 0) is 13.5 Å². The molecule has 2 aliphatic rings. The summed E-state index contributed by atoms with van der Waals surface area (Å²) in [6, 6.07) is 0.674. The van der Waals surface area contributed by atoms with Gasteiger partial charge in [-0.1, -0.05) is 6.58 Å². The molecular weight excluding hydrogens is 171 g/mol. The zero-order valence-corrected chi connectivity index (χ0v) is 7.66. The van der Waals surface area contributed by atoms with E-state index in [0.717, 1.165) is 13.0 Å². The van der Waals surface area contributed by atoms with Crippen LogP contribution < -0.4 is 0 Å². The predicted molar refractivity (Wildman–Crippen MR) is 46.8 cm³/mol. The molecule has 0 aromatic heterocycles. The summed E-state index contributed by atoms with van der Waals surface area (Å²) in [6.45, 7) is 4.56. The fourth-order valence-electron chi connectivity index (χ4n) is 2.27. The van der Waals surface area contributed by atoms with Gasteiger partial charge >= 0.3 is 0 Å². The second-order valence-corrected chi connectivity index (χ2v) is 3.77. The number of halogens is 1. The van der Waals surface area contributed by atoms with Gasteiger partial charge in [0.2, 0.25) is 0 Å². The molecule has 0 N–H and O–H groups in total. The maximum atomic E-state index is 12.6. The number of rotatable bonds is 1. The first-order valence-electron chi connectivity index (χ1n) is 4.47. The van der Waals surface area contributed by atoms with Crippen molar-refractivity contribution in [2.24, 2.45) is 0 Å². The van der Waals surface area contributed by atoms with E-state index >= 15 is 0 Å². The maximum Gasteiger partial charge on any atom is 0.282 e. The Morgan fingerprint density at radius 2 is 2.23 bits per heavy atom. The van der Waals surface area contributed by atoms with Crippen LogP contribution in [0.4, 0.5) is 4.39 Å². The number of hydrogen-bond donors (Lipinski definition) is 0. The van der Waals surface area contributed by atoms with Gasteiger partial charge in [0.25, 0.3) is 5.91 Å². The molecule has 0 aromatic carbocycles. The van der Waals surface area contributed by atoms with Gasteiger partial charge in [0.05, 0.1) is 6.04 Å². The van der Waals surface area contributed by atoms with Gasteiger partial charge in [-0.25, -0.2) is 4.39 Å². The lowest BCUT2D eigenvalue weighted by atomic mass is 9.98. The largest absolute Gasteiger partial charge is 0.331 e. The molecule has 2 aliphatic heterocycles. The summed E-state index contributed by atoms with van der Waals surface area (Å²) in [5.41, 5.74) is 0. The van der Waals surface area contributed by atoms with Crippen molar-refractivity contribution in [2.45, 2.75) is 18.5 Å². The van der Waals surface area contributed by atoms with Crippen LogP contribution in [0.15, 0.2) is 12.4 Å². The third kappa shape index (κ3) is 1.16. The highest BCUT2D eigenvalue weighted by Gasteiger charge is 2.47. The van der Waals surface area contributed by atoms with Crippen LogP contribution >= 0.6 is 0 Å². The molecule has 2 heterocycles. The van der Waals surface area contributed by atoms with Crippen LogP contribution in [0.3, 0.4) is 0 Å². The van der Waals surface area contributed by atoms with E-state index in [1.54, 1.807) is 4.90 Å². The van der Waals surface area contributed by atoms with Crippen molar-refractivity contribution in [3.8, 4) is 0 Å². The highest BCUT2D eigenvalue weighted by molar-refractivity contribution is 5.91. The first-order valence-corrected chi connectivity index (χ1v) is 4.47. The molecule has 3 nitrogen and oxygen atoms in total. The number of carbonyl (C=O) groups excluding carboxylic acids is 1. The monoisotopic (exact) mass is 184 g/mol. The average Bonchev–Trinajstić information content (AvgIpc) is 2.40. The first-order chi connectivity index (χ1) is 6.11. The van der Waals surface area contributed by atoms with Crippen LogP contribution in [-0.2, 0) is 4.79 Å². The van der Waals surface area contributed by atoms with Crippen LogP contribution in [0.25, 0.3) is 0 Å². The minimum atomic E-state index is -0.838. The molecule has 0 unspecified atom stereocenters. The van der Waals surface area contributed by atoms with E-state index in [0.29, 0.717) is 12.6 Å². The van der Waals surface area contributed by atoms with Crippen molar-refractivity contribution in [3.63, 3.8) is 0 Å². The minimum Gasteiger partial charge on any atom is -0.331 e. The number of likely N-dealkylation sites (tertiary alicyclic amines) is 2. The van der Waals surface area contributed by atoms with E-state index in [9.17, 15) is 9.18 Å². The smallest absolute Gasteiger partial charge is 0.282 e. The van der Waals surface area contributed by atoms with E-state index in [1.165, 1.54) is 0 Å². The number of likely N-dealkylation sites (N-methyl/N-ethyl adjacent to an activating group) is 1. The molecule has 0 aromatic rings. The van der Waals surface area contributed by atoms with E-state index in [-0.39, 0.29) is 6.04 Å². The van der Waals surface area contributed by atoms with Gasteiger partial charge in [0.15, 0.2) is 5.83 Å². The van der Waals surface area contributed by atoms with Crippen LogP contribution in [-0.4, -0.2) is 47.9 Å². The fourth-order valence-corrected chi connectivity index (χ4v) is 2.27. The van der Waals surface area contributed by atoms with Gasteiger partial charge in [-0.3, -0.25) is 9.69 Å². The van der Waals surface area contributed by atoms with Crippen molar-refractivity contribution in [2.75, 3.05) is 20.1 Å². The van der Waals surface area contributed by atoms with Crippen LogP contribution in [0.5, 0.6) is 0 Å². The molecule has 72 valence electrons. The second kappa shape index (κ2) is 2.80. The lowest BCUT2D eigenvalue weighted by Gasteiger charge is -2.44. The van der Waals surface area contributed by atoms with Gasteiger partial charge in [0.1, 0.15) is 0 Å². The second-order valence-electron chi connectivity index (χ2n) is 3.77. The fraction of sp³-hybridized carbons (Fsp3) is 0.667. The SMILES string of the molecule is C=C(F)C(=O)N1CC[C@@H]2[C@H]1CN2C. The lowest BCUT2D eigenvalue weighted by Crippen LogP contribution is -2.60. The Labute approximate surface area is 76.8 Å². The third-order valence-corrected chi connectivity index (χ3v) is 3.04. The maximum absolute atomic E-state index is 12.6. The van der Waals surface area contributed by atoms with Crippen LogP contribution in [0.2, 0.25) is 0 Å². The van der Waals surface area contributed by atoms with Crippen molar-refractivity contribution in [1.29, 1.82) is 0 Å². The summed E-state index contributed by atoms with van der Waals surface area (Å²) in [5.74, 6) is -1.36. The summed E-state index contributed by atoms with van der Waals surface area (Å²) < 4.78 is 12.6. The Hall–Kier alpha value is -0.900. The van der Waals surface area contributed by atoms with Crippen molar-refractivity contribution in [1.82, 2.24) is 9.80 Å². The van der Waals surface area contributed by atoms with Crippen molar-refractivity contribution < 1.29 is 9.18 Å². The number of amides is 1. The molecule has 1 amide bonds. The Morgan fingerprint density at radius 1 is 1.54 bits per heavy atom. The lowest BCUT2D eigenvalue weighted by molar-refractivity contribution is -0.132. The Balaban J connectivity index is 2.04. The van der Waals surface area contributed by atoms with Gasteiger partial charge in [-0.15, -0.1) is 0 Å². The topological polar surface area (TPSA) is 23.6 Å². The zero-order valence-electron chi connectivity index (χ0n) is 7.66. The zero-order chi connectivity index (χ0) is 9.59. The molecule has 2 saturated heterocycles. The highest BCUT2D eigenvalue weighted by Crippen LogP contribution is 2.31. The van der Waals surface area contributed by atoms with Gasteiger partial charge in [-0.2, -0.15) is 0 Å². The number of carbonyl (C=O) groups is 1. The Kier molecular flexibility index (Phi) is 1.87. The van der Waals surface area contributed by atoms with E-state index in [4.69, 9.17) is 0 Å². The van der Waals surface area contributed by atoms with Gasteiger partial charge < -0.3 is 4.90 Å². The molecule has 0 aliphatic carbocycles. The Bertz CT molecular complexity index is 266. The minimum absolute atomic E-state index is 0.227. The van der Waals surface area contributed by atoms with E-state index < -0.39 is 11.7 Å². The molecule has 13 heavy (non-hydrogen) atoms. The first kappa shape index (κ1) is 8.69. The number of fused-ring (bicyclic) bond motifs is 1. The summed E-state index contributed by atoms with van der Waals surface area (Å²) in [4.78, 5) is 15.1. The molecule has 2 fully saturated rings. The van der Waals surface area contributed by atoms with Crippen molar-refractivity contribution in [3.05, 3.63) is 12.4 Å². The molecular formula is C9H13FN2O. The summed E-state index contributed by atoms with van der Waals surface area (Å²) in [5, 5.41) is 0. The van der Waals surface area contributed by atoms with Crippen molar-refractivity contribution >= 4 is 5.91 Å². The van der Waals surface area contributed by atoms with E-state index in [1.807, 2.05) is 7.05 Å². The predicted octanol–water partition coefficient (Wildman–Crippen LogP) is 0.384. The normalized spacial score (nSPS) is 32.6. The number of hydrogen-bond acceptors (Lipinski definition) is 2. The molecule has 4 heteroatoms. The van der Waals surface area contributed by atoms with E-state index in [2.05, 4.69) is 11.5 Å². The van der Waals surface area contributed by atoms with Crippen LogP contribution in [0.1, 0.15) is 6.42 Å². The number of nitrogens with zero attached hydrogens (tertiary/aromatic N) is 2. The molecule has 2 rings (SSSR count). The molecule has 0 bridgehead atoms. The highest BCUT2D eigenvalue weighted by atomic mass is 19.1.